The summed E-state index contributed by atoms with van der Waals surface area (Å²) in [4.78, 5) is 32.6. The highest BCUT2D eigenvalue weighted by Crippen LogP contribution is 2.42. The molecule has 2 aliphatic heterocycles. The number of carbonyl (C=O) groups is 2. The van der Waals surface area contributed by atoms with E-state index in [-0.39, 0.29) is 43.6 Å². The first-order valence-electron chi connectivity index (χ1n) is 24.5. The molecule has 2 heterocycles. The van der Waals surface area contributed by atoms with Crippen LogP contribution in [-0.2, 0) is 19.1 Å². The lowest BCUT2D eigenvalue weighted by Crippen LogP contribution is -2.60. The standard InChI is InChI=1S/C48H91BN2O5/c1-5-9-13-17-21-27-43(28-22-18-14-10-6-2)45(53)55-41-48(49,51-38-33-47(34-39-51)31-36-50(37-32-47)35-25-26-40-52)42-56-46(54)44(29-23-19-15-11-7-3)30-24-20-16-12-8-4/h43-44,52H,5-42H2,1-4H3. The van der Waals surface area contributed by atoms with Crippen molar-refractivity contribution in [3.63, 3.8) is 0 Å². The number of esters is 2. The highest BCUT2D eigenvalue weighted by Gasteiger charge is 2.43. The van der Waals surface area contributed by atoms with Crippen LogP contribution in [0.5, 0.6) is 0 Å². The summed E-state index contributed by atoms with van der Waals surface area (Å²) in [6.45, 7) is 14.3. The lowest BCUT2D eigenvalue weighted by molar-refractivity contribution is -0.159. The zero-order valence-electron chi connectivity index (χ0n) is 37.6. The molecule has 56 heavy (non-hydrogen) atoms. The first-order chi connectivity index (χ1) is 27.3. The highest BCUT2D eigenvalue weighted by molar-refractivity contribution is 6.15. The van der Waals surface area contributed by atoms with Gasteiger partial charge in [-0.1, -0.05) is 156 Å². The van der Waals surface area contributed by atoms with E-state index in [1.54, 1.807) is 0 Å². The first-order valence-corrected chi connectivity index (χ1v) is 24.5. The highest BCUT2D eigenvalue weighted by atomic mass is 16.5. The van der Waals surface area contributed by atoms with Crippen LogP contribution in [-0.4, -0.2) is 92.7 Å². The summed E-state index contributed by atoms with van der Waals surface area (Å²) in [7, 11) is 7.34. The van der Waals surface area contributed by atoms with Crippen molar-refractivity contribution in [3.8, 4) is 0 Å². The van der Waals surface area contributed by atoms with Gasteiger partial charge in [0.15, 0.2) is 0 Å². The predicted molar refractivity (Wildman–Crippen MR) is 236 cm³/mol. The molecule has 2 radical (unpaired) electrons. The SMILES string of the molecule is [B]C(COC(=O)C(CCCCCCC)CCCCCCC)(COC(=O)C(CCCCCCC)CCCCCCC)N1CCC2(CCN(CCCCO)CC2)CC1. The molecular formula is C48H91BN2O5. The molecule has 0 amide bonds. The summed E-state index contributed by atoms with van der Waals surface area (Å²) >= 11 is 0. The average molecular weight is 787 g/mol. The molecular weight excluding hydrogens is 695 g/mol. The van der Waals surface area contributed by atoms with Crippen molar-refractivity contribution < 1.29 is 24.2 Å². The minimum atomic E-state index is -1.04. The summed E-state index contributed by atoms with van der Waals surface area (Å²) in [6, 6.07) is 0. The van der Waals surface area contributed by atoms with E-state index in [2.05, 4.69) is 37.5 Å². The molecule has 2 aliphatic rings. The number of ether oxygens (including phenoxy) is 2. The second-order valence-corrected chi connectivity index (χ2v) is 18.3. The molecule has 0 unspecified atom stereocenters. The lowest BCUT2D eigenvalue weighted by Gasteiger charge is -2.51. The van der Waals surface area contributed by atoms with Crippen molar-refractivity contribution in [1.82, 2.24) is 9.80 Å². The minimum Gasteiger partial charge on any atom is -0.464 e. The molecule has 326 valence electrons. The number of likely N-dealkylation sites (tertiary alicyclic amines) is 2. The van der Waals surface area contributed by atoms with E-state index in [0.29, 0.717) is 5.41 Å². The molecule has 1 spiro atoms. The second-order valence-electron chi connectivity index (χ2n) is 18.3. The number of carbonyl (C=O) groups excluding carboxylic acids is 2. The normalized spacial score (nSPS) is 16.6. The Bertz CT molecular complexity index is 887. The van der Waals surface area contributed by atoms with Crippen molar-refractivity contribution in [2.75, 3.05) is 52.5 Å². The van der Waals surface area contributed by atoms with E-state index in [1.165, 1.54) is 116 Å². The van der Waals surface area contributed by atoms with Gasteiger partial charge in [0.25, 0.3) is 0 Å². The first kappa shape index (κ1) is 51.0. The number of unbranched alkanes of at least 4 members (excludes halogenated alkanes) is 17. The van der Waals surface area contributed by atoms with Crippen molar-refractivity contribution >= 4 is 19.8 Å². The van der Waals surface area contributed by atoms with Crippen LogP contribution in [0.3, 0.4) is 0 Å². The third-order valence-electron chi connectivity index (χ3n) is 13.5. The summed E-state index contributed by atoms with van der Waals surface area (Å²) in [6.07, 6.45) is 33.6. The smallest absolute Gasteiger partial charge is 0.308 e. The van der Waals surface area contributed by atoms with E-state index in [1.807, 2.05) is 0 Å². The number of hydrogen-bond donors (Lipinski definition) is 1. The van der Waals surface area contributed by atoms with Crippen LogP contribution >= 0.6 is 0 Å². The van der Waals surface area contributed by atoms with E-state index in [4.69, 9.17) is 17.3 Å². The zero-order chi connectivity index (χ0) is 40.7. The molecule has 0 bridgehead atoms. The Hall–Kier alpha value is -1.12. The molecule has 0 aromatic heterocycles. The topological polar surface area (TPSA) is 79.3 Å². The third kappa shape index (κ3) is 21.2. The molecule has 0 aromatic rings. The van der Waals surface area contributed by atoms with E-state index in [0.717, 1.165) is 110 Å². The van der Waals surface area contributed by atoms with Gasteiger partial charge >= 0.3 is 11.9 Å². The van der Waals surface area contributed by atoms with Crippen molar-refractivity contribution in [3.05, 3.63) is 0 Å². The molecule has 2 saturated heterocycles. The molecule has 1 N–H and O–H groups in total. The number of piperidine rings is 2. The summed E-state index contributed by atoms with van der Waals surface area (Å²) in [5, 5.41) is 9.23. The van der Waals surface area contributed by atoms with E-state index < -0.39 is 5.44 Å². The molecule has 2 fully saturated rings. The van der Waals surface area contributed by atoms with Crippen molar-refractivity contribution in [1.29, 1.82) is 0 Å². The van der Waals surface area contributed by atoms with Gasteiger partial charge in [0.05, 0.1) is 11.8 Å². The fourth-order valence-electron chi connectivity index (χ4n) is 9.21. The van der Waals surface area contributed by atoms with E-state index >= 15 is 0 Å². The van der Waals surface area contributed by atoms with Gasteiger partial charge in [0, 0.05) is 12.0 Å². The van der Waals surface area contributed by atoms with E-state index in [9.17, 15) is 14.7 Å². The lowest BCUT2D eigenvalue weighted by atomic mass is 9.68. The van der Waals surface area contributed by atoms with Gasteiger partial charge in [0.1, 0.15) is 21.1 Å². The average Bonchev–Trinajstić information content (AvgIpc) is 3.21. The van der Waals surface area contributed by atoms with Crippen molar-refractivity contribution in [2.24, 2.45) is 17.3 Å². The van der Waals surface area contributed by atoms with Crippen molar-refractivity contribution in [2.45, 2.75) is 226 Å². The number of rotatable bonds is 35. The Labute approximate surface area is 348 Å². The van der Waals surface area contributed by atoms with Gasteiger partial charge in [-0.2, -0.15) is 0 Å². The van der Waals surface area contributed by atoms with Crippen LogP contribution in [0.1, 0.15) is 220 Å². The number of hydrogen-bond acceptors (Lipinski definition) is 7. The Morgan fingerprint density at radius 1 is 0.554 bits per heavy atom. The molecule has 0 aliphatic carbocycles. The van der Waals surface area contributed by atoms with Gasteiger partial charge in [-0.15, -0.1) is 0 Å². The Kier molecular flexibility index (Phi) is 28.9. The van der Waals surface area contributed by atoms with Crippen LogP contribution < -0.4 is 0 Å². The largest absolute Gasteiger partial charge is 0.464 e. The number of aliphatic hydroxyl groups is 1. The Morgan fingerprint density at radius 3 is 1.27 bits per heavy atom. The summed E-state index contributed by atoms with van der Waals surface area (Å²) < 4.78 is 12.5. The maximum absolute atomic E-state index is 13.9. The van der Waals surface area contributed by atoms with Gasteiger partial charge in [-0.25, -0.2) is 0 Å². The second kappa shape index (κ2) is 31.8. The van der Waals surface area contributed by atoms with Crippen LogP contribution in [0.15, 0.2) is 0 Å². The minimum absolute atomic E-state index is 0.0611. The summed E-state index contributed by atoms with van der Waals surface area (Å²) in [5.74, 6) is -0.420. The fraction of sp³-hybridized carbons (Fsp3) is 0.958. The van der Waals surface area contributed by atoms with Crippen LogP contribution in [0.2, 0.25) is 0 Å². The van der Waals surface area contributed by atoms with Gasteiger partial charge in [-0.3, -0.25) is 14.5 Å². The molecule has 2 rings (SSSR count). The van der Waals surface area contributed by atoms with Crippen LogP contribution in [0, 0.1) is 17.3 Å². The molecule has 0 aromatic carbocycles. The number of aliphatic hydroxyl groups excluding tert-OH is 1. The predicted octanol–water partition coefficient (Wildman–Crippen LogP) is 11.6. The van der Waals surface area contributed by atoms with Gasteiger partial charge in [0.2, 0.25) is 0 Å². The third-order valence-corrected chi connectivity index (χ3v) is 13.5. The monoisotopic (exact) mass is 787 g/mol. The molecule has 0 saturated carbocycles. The Morgan fingerprint density at radius 2 is 0.911 bits per heavy atom. The molecule has 8 heteroatoms. The summed E-state index contributed by atoms with van der Waals surface area (Å²) in [5.41, 5.74) is -0.725. The quantitative estimate of drug-likeness (QED) is 0.0389. The molecule has 7 nitrogen and oxygen atoms in total. The van der Waals surface area contributed by atoms with Crippen LogP contribution in [0.25, 0.3) is 0 Å². The van der Waals surface area contributed by atoms with Gasteiger partial charge in [-0.05, 0) is 102 Å². The molecule has 0 atom stereocenters. The van der Waals surface area contributed by atoms with Crippen LogP contribution in [0.4, 0.5) is 0 Å². The maximum atomic E-state index is 13.9. The van der Waals surface area contributed by atoms with Gasteiger partial charge < -0.3 is 19.5 Å². The fourth-order valence-corrected chi connectivity index (χ4v) is 9.21. The maximum Gasteiger partial charge on any atom is 0.308 e. The number of nitrogens with zero attached hydrogens (tertiary/aromatic N) is 2. The Balaban J connectivity index is 2.15. The zero-order valence-corrected chi connectivity index (χ0v) is 37.6.